The third-order valence-corrected chi connectivity index (χ3v) is 3.76. The van der Waals surface area contributed by atoms with E-state index in [-0.39, 0.29) is 12.5 Å². The van der Waals surface area contributed by atoms with Crippen LogP contribution in [-0.4, -0.2) is 37.4 Å². The second-order valence-corrected chi connectivity index (χ2v) is 5.39. The number of benzene rings is 2. The van der Waals surface area contributed by atoms with Gasteiger partial charge in [-0.1, -0.05) is 5.16 Å². The summed E-state index contributed by atoms with van der Waals surface area (Å²) in [5, 5.41) is 3.89. The number of methoxy groups -OCH3 is 3. The van der Waals surface area contributed by atoms with E-state index in [2.05, 4.69) is 10.1 Å². The Morgan fingerprint density at radius 2 is 1.70 bits per heavy atom. The summed E-state index contributed by atoms with van der Waals surface area (Å²) in [5.41, 5.74) is 1.08. The van der Waals surface area contributed by atoms with Crippen molar-refractivity contribution in [3.05, 3.63) is 53.9 Å². The van der Waals surface area contributed by atoms with E-state index in [0.29, 0.717) is 22.9 Å². The van der Waals surface area contributed by atoms with Gasteiger partial charge in [0.25, 0.3) is 5.89 Å². The quantitative estimate of drug-likeness (QED) is 0.586. The van der Waals surface area contributed by atoms with E-state index < -0.39 is 5.97 Å². The molecular weight excluding hydrogens is 352 g/mol. The van der Waals surface area contributed by atoms with Gasteiger partial charge in [0.15, 0.2) is 18.1 Å². The van der Waals surface area contributed by atoms with Gasteiger partial charge >= 0.3 is 5.97 Å². The Morgan fingerprint density at radius 3 is 2.37 bits per heavy atom. The Bertz CT molecular complexity index is 920. The van der Waals surface area contributed by atoms with Crippen molar-refractivity contribution in [1.29, 1.82) is 0 Å². The van der Waals surface area contributed by atoms with Crippen LogP contribution in [0.25, 0.3) is 11.4 Å². The highest BCUT2D eigenvalue weighted by Crippen LogP contribution is 2.28. The predicted molar refractivity (Wildman–Crippen MR) is 95.0 cm³/mol. The first-order valence-corrected chi connectivity index (χ1v) is 8.00. The fourth-order valence-electron chi connectivity index (χ4n) is 2.34. The number of hydrogen-bond donors (Lipinski definition) is 0. The lowest BCUT2D eigenvalue weighted by atomic mass is 10.2. The van der Waals surface area contributed by atoms with Gasteiger partial charge in [0.2, 0.25) is 5.82 Å². The molecule has 0 fully saturated rings. The van der Waals surface area contributed by atoms with Crippen LogP contribution in [0, 0.1) is 0 Å². The molecule has 3 aromatic rings. The van der Waals surface area contributed by atoms with Gasteiger partial charge in [-0.25, -0.2) is 4.79 Å². The minimum Gasteiger partial charge on any atom is -0.497 e. The molecule has 140 valence electrons. The summed E-state index contributed by atoms with van der Waals surface area (Å²) in [6.07, 6.45) is 0. The number of aromatic nitrogens is 2. The molecule has 0 atom stereocenters. The molecule has 0 amide bonds. The Balaban J connectivity index is 1.65. The molecule has 0 bridgehead atoms. The highest BCUT2D eigenvalue weighted by Gasteiger charge is 2.15. The van der Waals surface area contributed by atoms with Gasteiger partial charge in [0.05, 0.1) is 26.9 Å². The topological polar surface area (TPSA) is 92.9 Å². The van der Waals surface area contributed by atoms with Crippen molar-refractivity contribution in [3.63, 3.8) is 0 Å². The second kappa shape index (κ2) is 8.22. The molecule has 0 N–H and O–H groups in total. The largest absolute Gasteiger partial charge is 0.497 e. The summed E-state index contributed by atoms with van der Waals surface area (Å²) in [5.74, 6) is 1.73. The van der Waals surface area contributed by atoms with Gasteiger partial charge in [-0.3, -0.25) is 0 Å². The maximum atomic E-state index is 12.2. The van der Waals surface area contributed by atoms with E-state index in [1.54, 1.807) is 31.4 Å². The van der Waals surface area contributed by atoms with Crippen LogP contribution in [0.5, 0.6) is 17.2 Å². The van der Waals surface area contributed by atoms with Crippen LogP contribution in [0.1, 0.15) is 16.2 Å². The Morgan fingerprint density at radius 1 is 0.963 bits per heavy atom. The van der Waals surface area contributed by atoms with Gasteiger partial charge in [-0.2, -0.15) is 4.98 Å². The normalized spacial score (nSPS) is 10.3. The smallest absolute Gasteiger partial charge is 0.338 e. The van der Waals surface area contributed by atoms with Crippen molar-refractivity contribution < 1.29 is 28.3 Å². The predicted octanol–water partition coefficient (Wildman–Crippen LogP) is 3.12. The molecule has 27 heavy (non-hydrogen) atoms. The molecule has 0 aliphatic heterocycles. The molecule has 0 unspecified atom stereocenters. The zero-order valence-electron chi connectivity index (χ0n) is 15.1. The summed E-state index contributed by atoms with van der Waals surface area (Å²) in [6, 6.07) is 12.0. The zero-order valence-corrected chi connectivity index (χ0v) is 15.1. The maximum absolute atomic E-state index is 12.2. The SMILES string of the molecule is COc1ccc(-c2noc(COC(=O)c3ccc(OC)c(OC)c3)n2)cc1. The Hall–Kier alpha value is -3.55. The van der Waals surface area contributed by atoms with Crippen LogP contribution >= 0.6 is 0 Å². The maximum Gasteiger partial charge on any atom is 0.338 e. The zero-order chi connectivity index (χ0) is 19.2. The number of esters is 1. The lowest BCUT2D eigenvalue weighted by Gasteiger charge is -2.08. The minimum atomic E-state index is -0.542. The van der Waals surface area contributed by atoms with Crippen molar-refractivity contribution in [2.24, 2.45) is 0 Å². The van der Waals surface area contributed by atoms with Crippen molar-refractivity contribution >= 4 is 5.97 Å². The van der Waals surface area contributed by atoms with Gasteiger partial charge in [-0.15, -0.1) is 0 Å². The fourth-order valence-corrected chi connectivity index (χ4v) is 2.34. The molecule has 1 heterocycles. The Labute approximate surface area is 155 Å². The average Bonchev–Trinajstić information content (AvgIpc) is 3.20. The van der Waals surface area contributed by atoms with Crippen LogP contribution in [0.15, 0.2) is 47.0 Å². The first-order chi connectivity index (χ1) is 13.1. The molecule has 0 saturated heterocycles. The summed E-state index contributed by atoms with van der Waals surface area (Å²) in [7, 11) is 4.60. The highest BCUT2D eigenvalue weighted by molar-refractivity contribution is 5.90. The molecule has 2 aromatic carbocycles. The average molecular weight is 370 g/mol. The third kappa shape index (κ3) is 4.17. The van der Waals surface area contributed by atoms with Crippen LogP contribution in [0.4, 0.5) is 0 Å². The fraction of sp³-hybridized carbons (Fsp3) is 0.211. The van der Waals surface area contributed by atoms with Gasteiger partial charge in [0.1, 0.15) is 5.75 Å². The van der Waals surface area contributed by atoms with Gasteiger partial charge in [-0.05, 0) is 42.5 Å². The van der Waals surface area contributed by atoms with Crippen molar-refractivity contribution in [1.82, 2.24) is 10.1 Å². The Kier molecular flexibility index (Phi) is 5.55. The monoisotopic (exact) mass is 370 g/mol. The molecule has 0 aliphatic rings. The van der Waals surface area contributed by atoms with E-state index >= 15 is 0 Å². The molecule has 0 aliphatic carbocycles. The summed E-state index contributed by atoms with van der Waals surface area (Å²) in [4.78, 5) is 16.4. The molecule has 8 nitrogen and oxygen atoms in total. The second-order valence-electron chi connectivity index (χ2n) is 5.39. The summed E-state index contributed by atoms with van der Waals surface area (Å²) >= 11 is 0. The van der Waals surface area contributed by atoms with Crippen molar-refractivity contribution in [2.45, 2.75) is 6.61 Å². The molecule has 1 aromatic heterocycles. The highest BCUT2D eigenvalue weighted by atomic mass is 16.6. The number of ether oxygens (including phenoxy) is 4. The number of carbonyl (C=O) groups excluding carboxylic acids is 1. The van der Waals surface area contributed by atoms with Crippen LogP contribution in [-0.2, 0) is 11.3 Å². The number of hydrogen-bond acceptors (Lipinski definition) is 8. The molecular formula is C19H18N2O6. The van der Waals surface area contributed by atoms with Gasteiger partial charge in [0, 0.05) is 5.56 Å². The first-order valence-electron chi connectivity index (χ1n) is 8.00. The summed E-state index contributed by atoms with van der Waals surface area (Å²) in [6.45, 7) is -0.143. The van der Waals surface area contributed by atoms with Crippen molar-refractivity contribution in [3.8, 4) is 28.6 Å². The lowest BCUT2D eigenvalue weighted by Crippen LogP contribution is -2.06. The van der Waals surface area contributed by atoms with E-state index in [1.165, 1.54) is 20.3 Å². The van der Waals surface area contributed by atoms with Crippen LogP contribution in [0.3, 0.4) is 0 Å². The van der Waals surface area contributed by atoms with E-state index in [4.69, 9.17) is 23.5 Å². The molecule has 3 rings (SSSR count). The number of nitrogens with zero attached hydrogens (tertiary/aromatic N) is 2. The number of carbonyl (C=O) groups is 1. The molecule has 0 radical (unpaired) electrons. The third-order valence-electron chi connectivity index (χ3n) is 3.76. The number of rotatable bonds is 7. The van der Waals surface area contributed by atoms with Crippen LogP contribution < -0.4 is 14.2 Å². The van der Waals surface area contributed by atoms with E-state index in [9.17, 15) is 4.79 Å². The lowest BCUT2D eigenvalue weighted by molar-refractivity contribution is 0.0429. The standard InChI is InChI=1S/C19H18N2O6/c1-23-14-7-4-12(5-8-14)18-20-17(27-21-18)11-26-19(22)13-6-9-15(24-2)16(10-13)25-3/h4-10H,11H2,1-3H3. The molecule has 8 heteroatoms. The van der Waals surface area contributed by atoms with E-state index in [0.717, 1.165) is 11.3 Å². The van der Waals surface area contributed by atoms with Crippen LogP contribution in [0.2, 0.25) is 0 Å². The summed E-state index contributed by atoms with van der Waals surface area (Å²) < 4.78 is 25.8. The van der Waals surface area contributed by atoms with Crippen molar-refractivity contribution in [2.75, 3.05) is 21.3 Å². The molecule has 0 saturated carbocycles. The van der Waals surface area contributed by atoms with E-state index in [1.807, 2.05) is 12.1 Å². The minimum absolute atomic E-state index is 0.143. The van der Waals surface area contributed by atoms with Gasteiger partial charge < -0.3 is 23.5 Å². The molecule has 0 spiro atoms. The first kappa shape index (κ1) is 18.2.